The molecule has 0 bridgehead atoms. The second-order valence-electron chi connectivity index (χ2n) is 6.62. The first-order valence-electron chi connectivity index (χ1n) is 9.32. The van der Waals surface area contributed by atoms with Crippen LogP contribution in [-0.4, -0.2) is 54.9 Å². The van der Waals surface area contributed by atoms with Crippen LogP contribution in [0, 0.1) is 5.92 Å². The van der Waals surface area contributed by atoms with Gasteiger partial charge in [-0.2, -0.15) is 0 Å². The molecule has 1 aliphatic heterocycles. The average Bonchev–Trinajstić information content (AvgIpc) is 2.67. The summed E-state index contributed by atoms with van der Waals surface area (Å²) in [7, 11) is 1.61. The third-order valence-electron chi connectivity index (χ3n) is 4.77. The normalized spacial score (nSPS) is 15.1. The first kappa shape index (κ1) is 19.3. The van der Waals surface area contributed by atoms with Crippen molar-refractivity contribution < 1.29 is 14.3 Å². The molecular weight excluding hydrogens is 316 g/mol. The van der Waals surface area contributed by atoms with Gasteiger partial charge >= 0.3 is 0 Å². The van der Waals surface area contributed by atoms with Crippen LogP contribution in [0.3, 0.4) is 0 Å². The molecule has 0 aromatic heterocycles. The Morgan fingerprint density at radius 3 is 2.12 bits per heavy atom. The summed E-state index contributed by atoms with van der Waals surface area (Å²) in [6.07, 6.45) is 3.48. The van der Waals surface area contributed by atoms with Crippen LogP contribution in [0.2, 0.25) is 0 Å². The number of likely N-dealkylation sites (tertiary alicyclic amines) is 1. The summed E-state index contributed by atoms with van der Waals surface area (Å²) in [4.78, 5) is 29.2. The molecule has 138 valence electrons. The molecule has 0 unspecified atom stereocenters. The summed E-state index contributed by atoms with van der Waals surface area (Å²) in [6, 6.07) is 7.19. The van der Waals surface area contributed by atoms with Crippen molar-refractivity contribution in [2.24, 2.45) is 5.92 Å². The van der Waals surface area contributed by atoms with Gasteiger partial charge in [-0.25, -0.2) is 0 Å². The summed E-state index contributed by atoms with van der Waals surface area (Å²) in [5.41, 5.74) is 0.671. The van der Waals surface area contributed by atoms with Crippen molar-refractivity contribution in [2.75, 3.05) is 33.3 Å². The fourth-order valence-corrected chi connectivity index (χ4v) is 3.38. The highest BCUT2D eigenvalue weighted by Gasteiger charge is 2.30. The van der Waals surface area contributed by atoms with Crippen LogP contribution in [0.1, 0.15) is 49.9 Å². The number of amides is 2. The topological polar surface area (TPSA) is 49.9 Å². The lowest BCUT2D eigenvalue weighted by Crippen LogP contribution is -2.44. The Morgan fingerprint density at radius 2 is 1.64 bits per heavy atom. The number of benzene rings is 1. The Morgan fingerprint density at radius 1 is 1.08 bits per heavy atom. The minimum Gasteiger partial charge on any atom is -0.497 e. The molecule has 0 radical (unpaired) electrons. The number of ether oxygens (including phenoxy) is 1. The van der Waals surface area contributed by atoms with E-state index in [2.05, 4.69) is 13.8 Å². The number of hydrogen-bond donors (Lipinski definition) is 0. The maximum atomic E-state index is 12.7. The average molecular weight is 346 g/mol. The van der Waals surface area contributed by atoms with E-state index in [9.17, 15) is 9.59 Å². The Bertz CT molecular complexity index is 557. The summed E-state index contributed by atoms with van der Waals surface area (Å²) in [5, 5.41) is 0. The van der Waals surface area contributed by atoms with E-state index in [-0.39, 0.29) is 17.7 Å². The Balaban J connectivity index is 1.91. The van der Waals surface area contributed by atoms with Gasteiger partial charge in [-0.3, -0.25) is 9.59 Å². The molecule has 1 heterocycles. The number of hydrogen-bond acceptors (Lipinski definition) is 3. The Kier molecular flexibility index (Phi) is 7.29. The van der Waals surface area contributed by atoms with Gasteiger partial charge in [0.1, 0.15) is 5.75 Å². The molecule has 0 N–H and O–H groups in total. The summed E-state index contributed by atoms with van der Waals surface area (Å²) in [6.45, 7) is 7.16. The number of rotatable bonds is 7. The molecule has 1 aliphatic rings. The molecule has 1 aromatic rings. The zero-order chi connectivity index (χ0) is 18.2. The van der Waals surface area contributed by atoms with Gasteiger partial charge < -0.3 is 14.5 Å². The van der Waals surface area contributed by atoms with Crippen molar-refractivity contribution >= 4 is 11.8 Å². The Hall–Kier alpha value is -2.04. The molecule has 25 heavy (non-hydrogen) atoms. The SMILES string of the molecule is CCCN(CCC)C(=O)C1CCN(C(=O)c2ccc(OC)cc2)CC1. The third kappa shape index (κ3) is 4.97. The zero-order valence-electron chi connectivity index (χ0n) is 15.7. The monoisotopic (exact) mass is 346 g/mol. The standard InChI is InChI=1S/C20H30N2O3/c1-4-12-21(13-5-2)20(24)17-10-14-22(15-11-17)19(23)16-6-8-18(25-3)9-7-16/h6-9,17H,4-5,10-15H2,1-3H3. The van der Waals surface area contributed by atoms with E-state index >= 15 is 0 Å². The van der Waals surface area contributed by atoms with Crippen LogP contribution in [0.4, 0.5) is 0 Å². The van der Waals surface area contributed by atoms with Gasteiger partial charge in [-0.05, 0) is 49.9 Å². The quantitative estimate of drug-likeness (QED) is 0.762. The fraction of sp³-hybridized carbons (Fsp3) is 0.600. The second kappa shape index (κ2) is 9.44. The smallest absolute Gasteiger partial charge is 0.253 e. The molecule has 0 spiro atoms. The maximum Gasteiger partial charge on any atom is 0.253 e. The van der Waals surface area contributed by atoms with Crippen LogP contribution >= 0.6 is 0 Å². The number of methoxy groups -OCH3 is 1. The molecule has 0 saturated carbocycles. The molecule has 1 aromatic carbocycles. The van der Waals surface area contributed by atoms with Gasteiger partial charge in [-0.15, -0.1) is 0 Å². The lowest BCUT2D eigenvalue weighted by Gasteiger charge is -2.34. The van der Waals surface area contributed by atoms with Crippen LogP contribution in [-0.2, 0) is 4.79 Å². The van der Waals surface area contributed by atoms with Gasteiger partial charge in [0, 0.05) is 37.7 Å². The van der Waals surface area contributed by atoms with E-state index in [1.807, 2.05) is 9.80 Å². The molecule has 5 heteroatoms. The van der Waals surface area contributed by atoms with Crippen LogP contribution < -0.4 is 4.74 Å². The van der Waals surface area contributed by atoms with E-state index in [0.717, 1.165) is 44.5 Å². The summed E-state index contributed by atoms with van der Waals surface area (Å²) < 4.78 is 5.13. The fourth-order valence-electron chi connectivity index (χ4n) is 3.38. The molecule has 2 amide bonds. The largest absolute Gasteiger partial charge is 0.497 e. The first-order chi connectivity index (χ1) is 12.1. The highest BCUT2D eigenvalue weighted by Crippen LogP contribution is 2.22. The minimum atomic E-state index is 0.0347. The lowest BCUT2D eigenvalue weighted by atomic mass is 9.94. The molecule has 1 saturated heterocycles. The summed E-state index contributed by atoms with van der Waals surface area (Å²) in [5.74, 6) is 1.10. The van der Waals surface area contributed by atoms with E-state index in [4.69, 9.17) is 4.74 Å². The second-order valence-corrected chi connectivity index (χ2v) is 6.62. The van der Waals surface area contributed by atoms with Gasteiger partial charge in [0.15, 0.2) is 0 Å². The minimum absolute atomic E-state index is 0.0347. The lowest BCUT2D eigenvalue weighted by molar-refractivity contribution is -0.137. The number of nitrogens with zero attached hydrogens (tertiary/aromatic N) is 2. The predicted molar refractivity (Wildman–Crippen MR) is 98.8 cm³/mol. The first-order valence-corrected chi connectivity index (χ1v) is 9.32. The van der Waals surface area contributed by atoms with Crippen molar-refractivity contribution in [3.05, 3.63) is 29.8 Å². The molecule has 0 aliphatic carbocycles. The zero-order valence-corrected chi connectivity index (χ0v) is 15.7. The van der Waals surface area contributed by atoms with Gasteiger partial charge in [0.05, 0.1) is 7.11 Å². The van der Waals surface area contributed by atoms with Crippen molar-refractivity contribution in [2.45, 2.75) is 39.5 Å². The van der Waals surface area contributed by atoms with Gasteiger partial charge in [0.25, 0.3) is 5.91 Å². The molecule has 2 rings (SSSR count). The molecule has 5 nitrogen and oxygen atoms in total. The predicted octanol–water partition coefficient (Wildman–Crippen LogP) is 3.20. The Labute approximate surface area is 150 Å². The number of carbonyl (C=O) groups excluding carboxylic acids is 2. The van der Waals surface area contributed by atoms with Crippen molar-refractivity contribution in [3.63, 3.8) is 0 Å². The van der Waals surface area contributed by atoms with Crippen molar-refractivity contribution in [3.8, 4) is 5.75 Å². The highest BCUT2D eigenvalue weighted by molar-refractivity contribution is 5.94. The van der Waals surface area contributed by atoms with Crippen molar-refractivity contribution in [1.29, 1.82) is 0 Å². The van der Waals surface area contributed by atoms with Gasteiger partial charge in [-0.1, -0.05) is 13.8 Å². The maximum absolute atomic E-state index is 12.7. The van der Waals surface area contributed by atoms with E-state index in [1.54, 1.807) is 31.4 Å². The molecule has 0 atom stereocenters. The van der Waals surface area contributed by atoms with E-state index < -0.39 is 0 Å². The number of carbonyl (C=O) groups is 2. The van der Waals surface area contributed by atoms with E-state index in [0.29, 0.717) is 18.7 Å². The van der Waals surface area contributed by atoms with Crippen molar-refractivity contribution in [1.82, 2.24) is 9.80 Å². The highest BCUT2D eigenvalue weighted by atomic mass is 16.5. The number of piperidine rings is 1. The van der Waals surface area contributed by atoms with Crippen LogP contribution in [0.25, 0.3) is 0 Å². The molecular formula is C20H30N2O3. The summed E-state index contributed by atoms with van der Waals surface area (Å²) >= 11 is 0. The van der Waals surface area contributed by atoms with Gasteiger partial charge in [0.2, 0.25) is 5.91 Å². The van der Waals surface area contributed by atoms with Crippen LogP contribution in [0.5, 0.6) is 5.75 Å². The van der Waals surface area contributed by atoms with E-state index in [1.165, 1.54) is 0 Å². The van der Waals surface area contributed by atoms with Crippen LogP contribution in [0.15, 0.2) is 24.3 Å². The molecule has 1 fully saturated rings. The third-order valence-corrected chi connectivity index (χ3v) is 4.77.